The smallest absolute Gasteiger partial charge is 0.251 e. The molecule has 0 unspecified atom stereocenters. The number of carbonyl (C=O) groups excluding carboxylic acids is 1. The Morgan fingerprint density at radius 2 is 2.15 bits per heavy atom. The molecule has 0 fully saturated rings. The van der Waals surface area contributed by atoms with Gasteiger partial charge in [0, 0.05) is 18.5 Å². The second kappa shape index (κ2) is 6.32. The number of hydrogen-bond donors (Lipinski definition) is 2. The average Bonchev–Trinajstić information content (AvgIpc) is 2.42. The molecule has 1 amide bonds. The minimum Gasteiger partial charge on any atom is -0.356 e. The number of aromatic amines is 1. The summed E-state index contributed by atoms with van der Waals surface area (Å²) in [4.78, 5) is 26.0. The van der Waals surface area contributed by atoms with Gasteiger partial charge < -0.3 is 10.3 Å². The molecule has 2 N–H and O–H groups in total. The molecule has 0 atom stereocenters. The molecule has 1 heterocycles. The molecule has 0 aliphatic carbocycles. The quantitative estimate of drug-likeness (QED) is 0.878. The predicted octanol–water partition coefficient (Wildman–Crippen LogP) is 2.13. The summed E-state index contributed by atoms with van der Waals surface area (Å²) >= 11 is 0. The lowest BCUT2D eigenvalue weighted by Gasteiger charge is -2.05. The van der Waals surface area contributed by atoms with E-state index in [4.69, 9.17) is 0 Å². The number of amides is 1. The van der Waals surface area contributed by atoms with Crippen LogP contribution in [0, 0.1) is 5.82 Å². The maximum Gasteiger partial charge on any atom is 0.251 e. The van der Waals surface area contributed by atoms with Crippen molar-refractivity contribution >= 4 is 16.8 Å². The standard InChI is InChI=1S/C15H17FN2O2/c1-2-7-17-14(19)6-4-11-8-10-3-5-12(16)9-13(10)18-15(11)20/h3,5,8-9H,2,4,6-7H2,1H3,(H,17,19)(H,18,20). The Morgan fingerprint density at radius 3 is 2.90 bits per heavy atom. The first-order valence-corrected chi connectivity index (χ1v) is 6.68. The third-order valence-electron chi connectivity index (χ3n) is 3.08. The SMILES string of the molecule is CCCNC(=O)CCc1cc2ccc(F)cc2[nH]c1=O. The van der Waals surface area contributed by atoms with Gasteiger partial charge in [-0.05, 0) is 42.5 Å². The van der Waals surface area contributed by atoms with Crippen molar-refractivity contribution in [1.29, 1.82) is 0 Å². The summed E-state index contributed by atoms with van der Waals surface area (Å²) in [5, 5.41) is 3.53. The molecular weight excluding hydrogens is 259 g/mol. The van der Waals surface area contributed by atoms with Crippen molar-refractivity contribution in [3.63, 3.8) is 0 Å². The number of pyridine rings is 1. The van der Waals surface area contributed by atoms with Crippen LogP contribution < -0.4 is 10.9 Å². The first-order chi connectivity index (χ1) is 9.60. The zero-order chi connectivity index (χ0) is 14.5. The van der Waals surface area contributed by atoms with Crippen LogP contribution in [0.15, 0.2) is 29.1 Å². The predicted molar refractivity (Wildman–Crippen MR) is 76.1 cm³/mol. The summed E-state index contributed by atoms with van der Waals surface area (Å²) in [6.45, 7) is 2.62. The summed E-state index contributed by atoms with van der Waals surface area (Å²) in [6.07, 6.45) is 1.53. The number of nitrogens with one attached hydrogen (secondary N) is 2. The van der Waals surface area contributed by atoms with Crippen molar-refractivity contribution in [3.8, 4) is 0 Å². The fourth-order valence-corrected chi connectivity index (χ4v) is 2.01. The lowest BCUT2D eigenvalue weighted by Crippen LogP contribution is -2.25. The van der Waals surface area contributed by atoms with Gasteiger partial charge in [-0.2, -0.15) is 0 Å². The average molecular weight is 276 g/mol. The zero-order valence-corrected chi connectivity index (χ0v) is 11.3. The third kappa shape index (κ3) is 3.44. The van der Waals surface area contributed by atoms with Crippen LogP contribution in [0.5, 0.6) is 0 Å². The van der Waals surface area contributed by atoms with Gasteiger partial charge in [0.05, 0.1) is 5.52 Å². The van der Waals surface area contributed by atoms with Crippen molar-refractivity contribution in [3.05, 3.63) is 46.0 Å². The second-order valence-electron chi connectivity index (χ2n) is 4.71. The van der Waals surface area contributed by atoms with Crippen LogP contribution in [0.3, 0.4) is 0 Å². The van der Waals surface area contributed by atoms with Crippen molar-refractivity contribution in [2.45, 2.75) is 26.2 Å². The largest absolute Gasteiger partial charge is 0.356 e. The summed E-state index contributed by atoms with van der Waals surface area (Å²) < 4.78 is 13.1. The van der Waals surface area contributed by atoms with Crippen molar-refractivity contribution in [2.75, 3.05) is 6.54 Å². The van der Waals surface area contributed by atoms with Crippen molar-refractivity contribution in [2.24, 2.45) is 0 Å². The van der Waals surface area contributed by atoms with E-state index in [-0.39, 0.29) is 23.7 Å². The van der Waals surface area contributed by atoms with E-state index >= 15 is 0 Å². The summed E-state index contributed by atoms with van der Waals surface area (Å²) in [6, 6.07) is 5.95. The Morgan fingerprint density at radius 1 is 1.35 bits per heavy atom. The lowest BCUT2D eigenvalue weighted by molar-refractivity contribution is -0.121. The molecule has 0 aliphatic rings. The topological polar surface area (TPSA) is 62.0 Å². The van der Waals surface area contributed by atoms with Crippen LogP contribution in [0.4, 0.5) is 4.39 Å². The number of aromatic nitrogens is 1. The van der Waals surface area contributed by atoms with Gasteiger partial charge in [0.1, 0.15) is 5.82 Å². The van der Waals surface area contributed by atoms with Crippen molar-refractivity contribution in [1.82, 2.24) is 10.3 Å². The number of halogens is 1. The molecule has 4 nitrogen and oxygen atoms in total. The maximum absolute atomic E-state index is 13.1. The van der Waals surface area contributed by atoms with E-state index in [2.05, 4.69) is 10.3 Å². The molecule has 0 aliphatic heterocycles. The van der Waals surface area contributed by atoms with Gasteiger partial charge in [0.25, 0.3) is 5.56 Å². The Labute approximate surface area is 116 Å². The minimum atomic E-state index is -0.389. The monoisotopic (exact) mass is 276 g/mol. The van der Waals surface area contributed by atoms with Gasteiger partial charge >= 0.3 is 0 Å². The molecule has 0 spiro atoms. The summed E-state index contributed by atoms with van der Waals surface area (Å²) in [7, 11) is 0. The van der Waals surface area contributed by atoms with E-state index in [9.17, 15) is 14.0 Å². The molecule has 0 bridgehead atoms. The summed E-state index contributed by atoms with van der Waals surface area (Å²) in [5.74, 6) is -0.453. The van der Waals surface area contributed by atoms with E-state index in [0.29, 0.717) is 24.0 Å². The molecule has 0 saturated heterocycles. The fraction of sp³-hybridized carbons (Fsp3) is 0.333. The molecule has 5 heteroatoms. The van der Waals surface area contributed by atoms with E-state index in [0.717, 1.165) is 11.8 Å². The highest BCUT2D eigenvalue weighted by atomic mass is 19.1. The molecule has 2 aromatic rings. The number of benzene rings is 1. The highest BCUT2D eigenvalue weighted by molar-refractivity contribution is 5.79. The Hall–Kier alpha value is -2.17. The highest BCUT2D eigenvalue weighted by Gasteiger charge is 2.07. The maximum atomic E-state index is 13.1. The van der Waals surface area contributed by atoms with E-state index in [1.165, 1.54) is 12.1 Å². The number of H-pyrrole nitrogens is 1. The molecule has 2 rings (SSSR count). The van der Waals surface area contributed by atoms with Gasteiger partial charge in [-0.25, -0.2) is 4.39 Å². The number of carbonyl (C=O) groups is 1. The number of hydrogen-bond acceptors (Lipinski definition) is 2. The molecule has 1 aromatic carbocycles. The lowest BCUT2D eigenvalue weighted by atomic mass is 10.1. The van der Waals surface area contributed by atoms with Gasteiger partial charge in [0.2, 0.25) is 5.91 Å². The normalized spacial score (nSPS) is 10.7. The first-order valence-electron chi connectivity index (χ1n) is 6.68. The first kappa shape index (κ1) is 14.2. The zero-order valence-electron chi connectivity index (χ0n) is 11.3. The van der Waals surface area contributed by atoms with E-state index in [1.54, 1.807) is 12.1 Å². The Balaban J connectivity index is 2.14. The molecule has 0 radical (unpaired) electrons. The fourth-order valence-electron chi connectivity index (χ4n) is 2.01. The molecule has 1 aromatic heterocycles. The Bertz CT molecular complexity index is 679. The van der Waals surface area contributed by atoms with Crippen LogP contribution in [0.1, 0.15) is 25.3 Å². The molecule has 0 saturated carbocycles. The minimum absolute atomic E-state index is 0.0644. The van der Waals surface area contributed by atoms with Crippen LogP contribution in [0.2, 0.25) is 0 Å². The van der Waals surface area contributed by atoms with Crippen LogP contribution >= 0.6 is 0 Å². The Kier molecular flexibility index (Phi) is 4.50. The molecular formula is C15H17FN2O2. The van der Waals surface area contributed by atoms with Crippen molar-refractivity contribution < 1.29 is 9.18 Å². The number of fused-ring (bicyclic) bond motifs is 1. The van der Waals surface area contributed by atoms with Crippen LogP contribution in [-0.4, -0.2) is 17.4 Å². The van der Waals surface area contributed by atoms with E-state index in [1.807, 2.05) is 6.92 Å². The number of rotatable bonds is 5. The summed E-state index contributed by atoms with van der Waals surface area (Å²) in [5.41, 5.74) is 0.733. The van der Waals surface area contributed by atoms with Gasteiger partial charge in [-0.15, -0.1) is 0 Å². The van der Waals surface area contributed by atoms with Gasteiger partial charge in [-0.3, -0.25) is 9.59 Å². The van der Waals surface area contributed by atoms with Gasteiger partial charge in [0.15, 0.2) is 0 Å². The third-order valence-corrected chi connectivity index (χ3v) is 3.08. The molecule has 106 valence electrons. The number of aryl methyl sites for hydroxylation is 1. The van der Waals surface area contributed by atoms with Crippen LogP contribution in [0.25, 0.3) is 10.9 Å². The van der Waals surface area contributed by atoms with E-state index < -0.39 is 0 Å². The van der Waals surface area contributed by atoms with Crippen LogP contribution in [-0.2, 0) is 11.2 Å². The highest BCUT2D eigenvalue weighted by Crippen LogP contribution is 2.13. The van der Waals surface area contributed by atoms with Gasteiger partial charge in [-0.1, -0.05) is 6.92 Å². The molecule has 20 heavy (non-hydrogen) atoms. The second-order valence-corrected chi connectivity index (χ2v) is 4.71.